The third-order valence-corrected chi connectivity index (χ3v) is 8.04. The van der Waals surface area contributed by atoms with Crippen LogP contribution in [0.2, 0.25) is 0 Å². The number of benzene rings is 1. The highest BCUT2D eigenvalue weighted by molar-refractivity contribution is 5.96. The van der Waals surface area contributed by atoms with Gasteiger partial charge in [0.2, 0.25) is 6.29 Å². The van der Waals surface area contributed by atoms with Crippen molar-refractivity contribution in [2.75, 3.05) is 13.2 Å². The van der Waals surface area contributed by atoms with Gasteiger partial charge >= 0.3 is 0 Å². The van der Waals surface area contributed by atoms with Crippen LogP contribution in [-0.4, -0.2) is 86.4 Å². The first-order valence-corrected chi connectivity index (χ1v) is 12.3. The minimum atomic E-state index is -1.56. The number of H-pyrrole nitrogens is 1. The summed E-state index contributed by atoms with van der Waals surface area (Å²) in [5.41, 5.74) is 3.89. The van der Waals surface area contributed by atoms with E-state index in [2.05, 4.69) is 17.6 Å². The predicted octanol–water partition coefficient (Wildman–Crippen LogP) is 0.473. The maximum atomic E-state index is 13.5. The number of aliphatic hydroxyl groups excluding tert-OH is 4. The van der Waals surface area contributed by atoms with Gasteiger partial charge in [-0.15, -0.1) is 6.58 Å². The van der Waals surface area contributed by atoms with Crippen LogP contribution in [0.1, 0.15) is 23.7 Å². The van der Waals surface area contributed by atoms with Crippen molar-refractivity contribution in [2.45, 2.75) is 55.9 Å². The van der Waals surface area contributed by atoms with Gasteiger partial charge in [0.25, 0.3) is 5.91 Å². The Kier molecular flexibility index (Phi) is 5.90. The van der Waals surface area contributed by atoms with Gasteiger partial charge in [0.15, 0.2) is 6.29 Å². The number of hydrogen-bond donors (Lipinski definition) is 5. The van der Waals surface area contributed by atoms with Crippen LogP contribution < -0.4 is 0 Å². The molecule has 4 aliphatic rings. The minimum Gasteiger partial charge on any atom is -0.471 e. The second kappa shape index (κ2) is 8.98. The van der Waals surface area contributed by atoms with Crippen LogP contribution in [0.5, 0.6) is 0 Å². The number of carbonyl (C=O) groups is 1. The molecule has 1 aromatic heterocycles. The molecule has 36 heavy (non-hydrogen) atoms. The fourth-order valence-electron chi connectivity index (χ4n) is 6.13. The fourth-order valence-corrected chi connectivity index (χ4v) is 6.13. The third kappa shape index (κ3) is 3.52. The molecule has 5 heterocycles. The highest BCUT2D eigenvalue weighted by Crippen LogP contribution is 2.48. The van der Waals surface area contributed by atoms with Gasteiger partial charge in [-0.05, 0) is 24.5 Å². The SMILES string of the molecule is C=CC1C(OC2OC(CO)C(O)C(O)C2O)OC=C2C(=O)N3CCc4c([nH]c5ccccc45)[C@@H]3C[C@H]21. The van der Waals surface area contributed by atoms with Crippen molar-refractivity contribution in [1.82, 2.24) is 9.88 Å². The van der Waals surface area contributed by atoms with Crippen molar-refractivity contribution in [2.24, 2.45) is 11.8 Å². The summed E-state index contributed by atoms with van der Waals surface area (Å²) in [5.74, 6) is -0.783. The molecule has 9 atom stereocenters. The molecule has 2 fully saturated rings. The van der Waals surface area contributed by atoms with E-state index in [9.17, 15) is 25.2 Å². The number of aliphatic hydroxyl groups is 4. The van der Waals surface area contributed by atoms with Crippen LogP contribution in [0.3, 0.4) is 0 Å². The smallest absolute Gasteiger partial charge is 0.253 e. The average Bonchev–Trinajstić information content (AvgIpc) is 3.28. The standard InChI is InChI=1S/C26H30N2O8/c1-2-12-15-9-18-20-14(13-5-3-4-6-17(13)27-20)7-8-28(18)24(33)16(15)11-34-25(12)36-26-23(32)22(31)21(30)19(10-29)35-26/h2-6,11-12,15,18-19,21-23,25-27,29-32H,1,7-10H2/t12?,15-,18-,19?,21?,22?,23?,25?,26?/m0/s1. The number of hydrogen-bond acceptors (Lipinski definition) is 8. The summed E-state index contributed by atoms with van der Waals surface area (Å²) >= 11 is 0. The van der Waals surface area contributed by atoms with Crippen molar-refractivity contribution >= 4 is 16.8 Å². The average molecular weight is 499 g/mol. The molecule has 0 radical (unpaired) electrons. The molecule has 2 aromatic rings. The first kappa shape index (κ1) is 23.7. The molecule has 0 bridgehead atoms. The summed E-state index contributed by atoms with van der Waals surface area (Å²) in [6.07, 6.45) is -3.53. The number of fused-ring (bicyclic) bond motifs is 6. The van der Waals surface area contributed by atoms with Crippen LogP contribution in [-0.2, 0) is 25.4 Å². The second-order valence-corrected chi connectivity index (χ2v) is 9.89. The van der Waals surface area contributed by atoms with E-state index in [-0.39, 0.29) is 17.9 Å². The zero-order valence-electron chi connectivity index (χ0n) is 19.6. The lowest BCUT2D eigenvalue weighted by molar-refractivity contribution is -0.339. The van der Waals surface area contributed by atoms with E-state index in [0.717, 1.165) is 17.6 Å². The van der Waals surface area contributed by atoms with Crippen molar-refractivity contribution in [3.8, 4) is 0 Å². The third-order valence-electron chi connectivity index (χ3n) is 8.04. The maximum absolute atomic E-state index is 13.5. The van der Waals surface area contributed by atoms with Crippen LogP contribution in [0.25, 0.3) is 10.9 Å². The number of para-hydroxylation sites is 1. The number of piperidine rings is 1. The molecule has 192 valence electrons. The van der Waals surface area contributed by atoms with Crippen LogP contribution >= 0.6 is 0 Å². The zero-order chi connectivity index (χ0) is 25.1. The van der Waals surface area contributed by atoms with Gasteiger partial charge < -0.3 is 44.5 Å². The van der Waals surface area contributed by atoms with Crippen LogP contribution in [0, 0.1) is 11.8 Å². The zero-order valence-corrected chi connectivity index (χ0v) is 19.6. The molecule has 10 nitrogen and oxygen atoms in total. The van der Waals surface area contributed by atoms with Gasteiger partial charge in [0, 0.05) is 35.0 Å². The number of aromatic nitrogens is 1. The number of nitrogens with one attached hydrogen (secondary N) is 1. The summed E-state index contributed by atoms with van der Waals surface area (Å²) in [7, 11) is 0. The van der Waals surface area contributed by atoms with Crippen LogP contribution in [0.4, 0.5) is 0 Å². The molecular formula is C26H30N2O8. The van der Waals surface area contributed by atoms with E-state index in [1.807, 2.05) is 23.1 Å². The van der Waals surface area contributed by atoms with E-state index in [0.29, 0.717) is 18.5 Å². The molecule has 1 aromatic carbocycles. The Balaban J connectivity index is 1.28. The van der Waals surface area contributed by atoms with E-state index < -0.39 is 49.5 Å². The molecule has 5 N–H and O–H groups in total. The summed E-state index contributed by atoms with van der Waals surface area (Å²) in [6.45, 7) is 4.01. The molecule has 6 rings (SSSR count). The summed E-state index contributed by atoms with van der Waals surface area (Å²) in [4.78, 5) is 19.0. The molecular weight excluding hydrogens is 468 g/mol. The Labute approximate surface area is 207 Å². The number of amides is 1. The monoisotopic (exact) mass is 498 g/mol. The number of carbonyl (C=O) groups excluding carboxylic acids is 1. The Morgan fingerprint density at radius 2 is 1.97 bits per heavy atom. The molecule has 0 saturated carbocycles. The van der Waals surface area contributed by atoms with Crippen molar-refractivity contribution in [3.05, 3.63) is 60.0 Å². The van der Waals surface area contributed by atoms with E-state index in [1.165, 1.54) is 17.2 Å². The topological polar surface area (TPSA) is 145 Å². The quantitative estimate of drug-likeness (QED) is 0.383. The van der Waals surface area contributed by atoms with Gasteiger partial charge in [0.1, 0.15) is 24.4 Å². The van der Waals surface area contributed by atoms with E-state index in [1.54, 1.807) is 6.08 Å². The fraction of sp³-hybridized carbons (Fsp3) is 0.500. The summed E-state index contributed by atoms with van der Waals surface area (Å²) < 4.78 is 17.2. The number of ether oxygens (including phenoxy) is 3. The maximum Gasteiger partial charge on any atom is 0.253 e. The molecule has 10 heteroatoms. The molecule has 0 aliphatic carbocycles. The van der Waals surface area contributed by atoms with Crippen molar-refractivity contribution in [1.29, 1.82) is 0 Å². The van der Waals surface area contributed by atoms with Crippen molar-refractivity contribution < 1.29 is 39.4 Å². The molecule has 2 saturated heterocycles. The molecule has 7 unspecified atom stereocenters. The number of rotatable bonds is 4. The predicted molar refractivity (Wildman–Crippen MR) is 126 cm³/mol. The van der Waals surface area contributed by atoms with Gasteiger partial charge in [-0.3, -0.25) is 4.79 Å². The molecule has 1 amide bonds. The van der Waals surface area contributed by atoms with Gasteiger partial charge in [-0.25, -0.2) is 0 Å². The number of aromatic amines is 1. The summed E-state index contributed by atoms with van der Waals surface area (Å²) in [5, 5.41) is 41.3. The Morgan fingerprint density at radius 3 is 2.75 bits per heavy atom. The Bertz CT molecular complexity index is 1210. The van der Waals surface area contributed by atoms with Crippen molar-refractivity contribution in [3.63, 3.8) is 0 Å². The number of nitrogens with zero attached hydrogens (tertiary/aromatic N) is 1. The lowest BCUT2D eigenvalue weighted by atomic mass is 9.74. The van der Waals surface area contributed by atoms with E-state index >= 15 is 0 Å². The molecule has 4 aliphatic heterocycles. The highest BCUT2D eigenvalue weighted by Gasteiger charge is 2.51. The first-order valence-electron chi connectivity index (χ1n) is 12.3. The first-order chi connectivity index (χ1) is 17.4. The lowest BCUT2D eigenvalue weighted by Crippen LogP contribution is -2.60. The molecule has 0 spiro atoms. The summed E-state index contributed by atoms with van der Waals surface area (Å²) in [6, 6.07) is 8.01. The van der Waals surface area contributed by atoms with Gasteiger partial charge in [-0.1, -0.05) is 24.3 Å². The minimum absolute atomic E-state index is 0.0845. The lowest BCUT2D eigenvalue weighted by Gasteiger charge is -2.48. The van der Waals surface area contributed by atoms with Crippen LogP contribution in [0.15, 0.2) is 48.8 Å². The second-order valence-electron chi connectivity index (χ2n) is 9.89. The normalized spacial score (nSPS) is 38.0. The van der Waals surface area contributed by atoms with Gasteiger partial charge in [-0.2, -0.15) is 0 Å². The largest absolute Gasteiger partial charge is 0.471 e. The van der Waals surface area contributed by atoms with E-state index in [4.69, 9.17) is 14.2 Å². The Hall–Kier alpha value is -2.73. The Morgan fingerprint density at radius 1 is 1.17 bits per heavy atom. The highest BCUT2D eigenvalue weighted by atomic mass is 16.8. The van der Waals surface area contributed by atoms with Gasteiger partial charge in [0.05, 0.1) is 24.5 Å².